The Balaban J connectivity index is 2.17. The first kappa shape index (κ1) is 27.5. The Morgan fingerprint density at radius 2 is 1.53 bits per heavy atom. The van der Waals surface area contributed by atoms with Crippen LogP contribution in [0.1, 0.15) is 31.4 Å². The first-order valence-electron chi connectivity index (χ1n) is 11.4. The van der Waals surface area contributed by atoms with Crippen molar-refractivity contribution in [1.82, 2.24) is 14.5 Å². The van der Waals surface area contributed by atoms with E-state index < -0.39 is 22.0 Å². The van der Waals surface area contributed by atoms with Gasteiger partial charge in [-0.1, -0.05) is 60.7 Å². The lowest BCUT2D eigenvalue weighted by Gasteiger charge is -2.31. The number of nitrogens with zero attached hydrogens (tertiary/aromatic N) is 2. The molecule has 0 aromatic heterocycles. The maximum absolute atomic E-state index is 13.4. The molecule has 0 spiro atoms. The van der Waals surface area contributed by atoms with Gasteiger partial charge in [0.05, 0.1) is 12.8 Å². The Bertz CT molecular complexity index is 1000. The van der Waals surface area contributed by atoms with Crippen molar-refractivity contribution in [3.63, 3.8) is 0 Å². The van der Waals surface area contributed by atoms with Crippen molar-refractivity contribution in [1.29, 1.82) is 0 Å². The molecule has 9 heteroatoms. The molecule has 1 atom stereocenters. The molecular weight excluding hydrogens is 454 g/mol. The molecule has 0 saturated heterocycles. The van der Waals surface area contributed by atoms with Crippen molar-refractivity contribution in [3.8, 4) is 0 Å². The van der Waals surface area contributed by atoms with Crippen LogP contribution in [0.4, 0.5) is 0 Å². The fourth-order valence-corrected chi connectivity index (χ4v) is 4.09. The lowest BCUT2D eigenvalue weighted by atomic mass is 10.1. The molecule has 0 aliphatic carbocycles. The van der Waals surface area contributed by atoms with Gasteiger partial charge in [-0.15, -0.1) is 0 Å². The van der Waals surface area contributed by atoms with Crippen LogP contribution < -0.4 is 5.32 Å². The summed E-state index contributed by atoms with van der Waals surface area (Å²) in [5.41, 5.74) is 1.62. The van der Waals surface area contributed by atoms with E-state index in [1.54, 1.807) is 6.92 Å². The first-order chi connectivity index (χ1) is 16.2. The van der Waals surface area contributed by atoms with Gasteiger partial charge in [0.15, 0.2) is 0 Å². The summed E-state index contributed by atoms with van der Waals surface area (Å²) in [6.45, 7) is 5.05. The number of nitrogens with one attached hydrogen (secondary N) is 1. The van der Waals surface area contributed by atoms with Gasteiger partial charge in [0.2, 0.25) is 21.8 Å². The Labute approximate surface area is 202 Å². The van der Waals surface area contributed by atoms with E-state index in [-0.39, 0.29) is 25.5 Å². The van der Waals surface area contributed by atoms with Crippen LogP contribution in [0, 0.1) is 0 Å². The minimum Gasteiger partial charge on any atom is -0.382 e. The molecule has 186 valence electrons. The van der Waals surface area contributed by atoms with Crippen molar-refractivity contribution >= 4 is 21.8 Å². The van der Waals surface area contributed by atoms with Crippen molar-refractivity contribution in [2.45, 2.75) is 39.4 Å². The fourth-order valence-electron chi connectivity index (χ4n) is 3.36. The highest BCUT2D eigenvalue weighted by atomic mass is 32.2. The number of ether oxygens (including phenoxy) is 1. The number of rotatable bonds is 14. The molecule has 34 heavy (non-hydrogen) atoms. The van der Waals surface area contributed by atoms with Crippen LogP contribution in [0.25, 0.3) is 0 Å². The second-order valence-corrected chi connectivity index (χ2v) is 10.0. The molecule has 0 aliphatic rings. The van der Waals surface area contributed by atoms with E-state index in [1.165, 1.54) is 4.90 Å². The summed E-state index contributed by atoms with van der Waals surface area (Å²) < 4.78 is 31.3. The third-order valence-corrected chi connectivity index (χ3v) is 6.51. The van der Waals surface area contributed by atoms with Gasteiger partial charge in [-0.25, -0.2) is 8.42 Å². The van der Waals surface area contributed by atoms with E-state index in [1.807, 2.05) is 67.6 Å². The van der Waals surface area contributed by atoms with E-state index in [2.05, 4.69) is 5.32 Å². The summed E-state index contributed by atoms with van der Waals surface area (Å²) in [5, 5.41) is 2.84. The summed E-state index contributed by atoms with van der Waals surface area (Å²) in [6.07, 6.45) is 1.75. The van der Waals surface area contributed by atoms with Crippen molar-refractivity contribution in [2.24, 2.45) is 0 Å². The number of benzene rings is 2. The summed E-state index contributed by atoms with van der Waals surface area (Å²) in [4.78, 5) is 27.6. The summed E-state index contributed by atoms with van der Waals surface area (Å²) >= 11 is 0. The summed E-state index contributed by atoms with van der Waals surface area (Å²) in [7, 11) is -3.66. The smallest absolute Gasteiger partial charge is 0.242 e. The van der Waals surface area contributed by atoms with Crippen LogP contribution in [0.15, 0.2) is 60.7 Å². The molecule has 0 unspecified atom stereocenters. The molecule has 0 aliphatic heterocycles. The van der Waals surface area contributed by atoms with Crippen LogP contribution in [-0.2, 0) is 37.4 Å². The Morgan fingerprint density at radius 1 is 0.971 bits per heavy atom. The Morgan fingerprint density at radius 3 is 2.06 bits per heavy atom. The molecule has 1 N–H and O–H groups in total. The van der Waals surface area contributed by atoms with E-state index in [4.69, 9.17) is 4.74 Å². The number of carbonyl (C=O) groups is 2. The molecule has 2 aromatic carbocycles. The van der Waals surface area contributed by atoms with Crippen LogP contribution >= 0.6 is 0 Å². The third-order valence-electron chi connectivity index (χ3n) is 5.31. The number of amides is 2. The molecule has 2 rings (SSSR count). The summed E-state index contributed by atoms with van der Waals surface area (Å²) in [6, 6.07) is 17.6. The van der Waals surface area contributed by atoms with Gasteiger partial charge in [-0.3, -0.25) is 9.59 Å². The van der Waals surface area contributed by atoms with Crippen LogP contribution in [0.2, 0.25) is 0 Å². The van der Waals surface area contributed by atoms with Crippen molar-refractivity contribution < 1.29 is 22.7 Å². The largest absolute Gasteiger partial charge is 0.382 e. The predicted octanol–water partition coefficient (Wildman–Crippen LogP) is 2.41. The molecule has 2 aromatic rings. The summed E-state index contributed by atoms with van der Waals surface area (Å²) in [5.74, 6) is -0.739. The van der Waals surface area contributed by atoms with E-state index >= 15 is 0 Å². The van der Waals surface area contributed by atoms with Gasteiger partial charge in [0.25, 0.3) is 0 Å². The molecular formula is C25H35N3O5S. The standard InChI is InChI=1S/C25H35N3O5S/c1-4-33-17-11-16-26-25(30)21(2)28(19-23-14-9-6-10-15-23)24(29)20-27(34(3,31)32)18-22-12-7-5-8-13-22/h5-10,12-15,21H,4,11,16-20H2,1-3H3,(H,26,30)/t21-/m1/s1. The van der Waals surface area contributed by atoms with Gasteiger partial charge < -0.3 is 15.0 Å². The number of hydrogen-bond acceptors (Lipinski definition) is 5. The Kier molecular flexibility index (Phi) is 11.2. The predicted molar refractivity (Wildman–Crippen MR) is 132 cm³/mol. The van der Waals surface area contributed by atoms with Gasteiger partial charge in [0.1, 0.15) is 6.04 Å². The van der Waals surface area contributed by atoms with Crippen LogP contribution in [0.5, 0.6) is 0 Å². The minimum atomic E-state index is -3.66. The lowest BCUT2D eigenvalue weighted by molar-refractivity contribution is -0.140. The molecule has 0 radical (unpaired) electrons. The molecule has 2 amide bonds. The van der Waals surface area contributed by atoms with E-state index in [9.17, 15) is 18.0 Å². The van der Waals surface area contributed by atoms with Crippen LogP contribution in [0.3, 0.4) is 0 Å². The van der Waals surface area contributed by atoms with Gasteiger partial charge in [0, 0.05) is 32.8 Å². The zero-order valence-electron chi connectivity index (χ0n) is 20.1. The molecule has 0 bridgehead atoms. The first-order valence-corrected chi connectivity index (χ1v) is 13.2. The number of hydrogen-bond donors (Lipinski definition) is 1. The molecule has 8 nitrogen and oxygen atoms in total. The van der Waals surface area contributed by atoms with Crippen LogP contribution in [-0.4, -0.2) is 68.0 Å². The second kappa shape index (κ2) is 13.8. The lowest BCUT2D eigenvalue weighted by Crippen LogP contribution is -2.51. The monoisotopic (exact) mass is 489 g/mol. The normalized spacial score (nSPS) is 12.4. The highest BCUT2D eigenvalue weighted by Gasteiger charge is 2.29. The average molecular weight is 490 g/mol. The highest BCUT2D eigenvalue weighted by molar-refractivity contribution is 7.88. The minimum absolute atomic E-state index is 0.0720. The maximum Gasteiger partial charge on any atom is 0.242 e. The quantitative estimate of drug-likeness (QED) is 0.411. The van der Waals surface area contributed by atoms with Gasteiger partial charge in [-0.2, -0.15) is 4.31 Å². The molecule has 0 saturated carbocycles. The molecule has 0 heterocycles. The maximum atomic E-state index is 13.4. The highest BCUT2D eigenvalue weighted by Crippen LogP contribution is 2.13. The average Bonchev–Trinajstić information content (AvgIpc) is 2.82. The number of sulfonamides is 1. The zero-order valence-corrected chi connectivity index (χ0v) is 21.0. The fraction of sp³-hybridized carbons (Fsp3) is 0.440. The molecule has 0 fully saturated rings. The number of carbonyl (C=O) groups excluding carboxylic acids is 2. The second-order valence-electron chi connectivity index (χ2n) is 8.04. The van der Waals surface area contributed by atoms with Crippen molar-refractivity contribution in [2.75, 3.05) is 32.6 Å². The SMILES string of the molecule is CCOCCCNC(=O)[C@@H](C)N(Cc1ccccc1)C(=O)CN(Cc1ccccc1)S(C)(=O)=O. The van der Waals surface area contributed by atoms with Crippen molar-refractivity contribution in [3.05, 3.63) is 71.8 Å². The third kappa shape index (κ3) is 9.24. The van der Waals surface area contributed by atoms with Gasteiger partial charge >= 0.3 is 0 Å². The van der Waals surface area contributed by atoms with E-state index in [0.29, 0.717) is 26.2 Å². The topological polar surface area (TPSA) is 96.0 Å². The Hall–Kier alpha value is -2.75. The van der Waals surface area contributed by atoms with Gasteiger partial charge in [-0.05, 0) is 31.4 Å². The zero-order chi connectivity index (χ0) is 25.0. The van der Waals surface area contributed by atoms with E-state index in [0.717, 1.165) is 21.7 Å².